The molecule has 1 heterocycles. The first-order chi connectivity index (χ1) is 15.6. The SMILES string of the molecule is CC.CC.Nc1nc(CC(=O)Nc2ccccc2CCNCC(O)c2ccccc2)cs1. The molecular weight excluding hydrogens is 420 g/mol. The topological polar surface area (TPSA) is 100 Å². The molecule has 0 bridgehead atoms. The third kappa shape index (κ3) is 9.60. The Morgan fingerprint density at radius 3 is 2.38 bits per heavy atom. The number of nitrogens with zero attached hydrogens (tertiary/aromatic N) is 1. The van der Waals surface area contributed by atoms with Crippen molar-refractivity contribution in [3.05, 3.63) is 76.8 Å². The molecule has 5 N–H and O–H groups in total. The van der Waals surface area contributed by atoms with Crippen LogP contribution in [0.5, 0.6) is 0 Å². The van der Waals surface area contributed by atoms with Crippen LogP contribution in [0.3, 0.4) is 0 Å². The Bertz CT molecular complexity index is 900. The Balaban J connectivity index is 0.00000121. The number of hydrogen-bond acceptors (Lipinski definition) is 6. The molecule has 32 heavy (non-hydrogen) atoms. The van der Waals surface area contributed by atoms with Gasteiger partial charge in [0.15, 0.2) is 5.13 Å². The zero-order chi connectivity index (χ0) is 23.8. The molecule has 0 fully saturated rings. The lowest BCUT2D eigenvalue weighted by Gasteiger charge is -2.14. The number of carbonyl (C=O) groups excluding carboxylic acids is 1. The number of amides is 1. The molecular formula is C25H36N4O2S. The van der Waals surface area contributed by atoms with Crippen LogP contribution in [-0.4, -0.2) is 29.1 Å². The summed E-state index contributed by atoms with van der Waals surface area (Å²) in [5.74, 6) is -0.120. The zero-order valence-corrected chi connectivity index (χ0v) is 20.3. The van der Waals surface area contributed by atoms with Gasteiger partial charge in [0, 0.05) is 17.6 Å². The minimum absolute atomic E-state index is 0.120. The first-order valence-corrected chi connectivity index (χ1v) is 12.0. The highest BCUT2D eigenvalue weighted by molar-refractivity contribution is 7.13. The Kier molecular flexibility index (Phi) is 13.6. The number of nitrogens with one attached hydrogen (secondary N) is 2. The van der Waals surface area contributed by atoms with E-state index < -0.39 is 6.10 Å². The van der Waals surface area contributed by atoms with Crippen LogP contribution in [0, 0.1) is 0 Å². The van der Waals surface area contributed by atoms with Crippen LogP contribution in [-0.2, 0) is 17.6 Å². The lowest BCUT2D eigenvalue weighted by Crippen LogP contribution is -2.24. The van der Waals surface area contributed by atoms with Crippen molar-refractivity contribution >= 4 is 28.1 Å². The number of anilines is 2. The van der Waals surface area contributed by atoms with Crippen LogP contribution in [0.25, 0.3) is 0 Å². The standard InChI is InChI=1S/C21H24N4O2S.2C2H6/c22-21-24-17(14-28-21)12-20(27)25-18-9-5-4-6-15(18)10-11-23-13-19(26)16-7-2-1-3-8-16;2*1-2/h1-9,14,19,23,26H,10-13H2,(H2,22,24)(H,25,27);2*1-2H3. The summed E-state index contributed by atoms with van der Waals surface area (Å²) in [6.45, 7) is 9.17. The fourth-order valence-corrected chi connectivity index (χ4v) is 3.44. The van der Waals surface area contributed by atoms with Crippen LogP contribution >= 0.6 is 11.3 Å². The van der Waals surface area contributed by atoms with Crippen molar-refractivity contribution < 1.29 is 9.90 Å². The number of nitrogens with two attached hydrogens (primary N) is 1. The summed E-state index contributed by atoms with van der Waals surface area (Å²) in [5.41, 5.74) is 9.01. The number of carbonyl (C=O) groups is 1. The van der Waals surface area contributed by atoms with Crippen molar-refractivity contribution in [2.24, 2.45) is 0 Å². The second kappa shape index (κ2) is 16.0. The van der Waals surface area contributed by atoms with Crippen molar-refractivity contribution in [1.29, 1.82) is 0 Å². The molecule has 0 saturated heterocycles. The molecule has 1 aromatic heterocycles. The second-order valence-electron chi connectivity index (χ2n) is 6.44. The van der Waals surface area contributed by atoms with Crippen LogP contribution < -0.4 is 16.4 Å². The van der Waals surface area contributed by atoms with Crippen molar-refractivity contribution in [2.75, 3.05) is 24.1 Å². The van der Waals surface area contributed by atoms with E-state index >= 15 is 0 Å². The van der Waals surface area contributed by atoms with E-state index in [-0.39, 0.29) is 12.3 Å². The molecule has 1 amide bonds. The number of aliphatic hydroxyl groups excluding tert-OH is 1. The van der Waals surface area contributed by atoms with Crippen LogP contribution in [0.1, 0.15) is 50.6 Å². The number of hydrogen-bond donors (Lipinski definition) is 4. The van der Waals surface area contributed by atoms with Crippen molar-refractivity contribution in [3.63, 3.8) is 0 Å². The summed E-state index contributed by atoms with van der Waals surface area (Å²) in [7, 11) is 0. The van der Waals surface area contributed by atoms with Gasteiger partial charge in [0.1, 0.15) is 0 Å². The number of aliphatic hydroxyl groups is 1. The average Bonchev–Trinajstić information content (AvgIpc) is 3.25. The van der Waals surface area contributed by atoms with E-state index in [1.807, 2.05) is 82.3 Å². The molecule has 3 aromatic rings. The predicted molar refractivity (Wildman–Crippen MR) is 136 cm³/mol. The summed E-state index contributed by atoms with van der Waals surface area (Å²) >= 11 is 1.33. The third-order valence-electron chi connectivity index (χ3n) is 4.30. The van der Waals surface area contributed by atoms with E-state index in [9.17, 15) is 9.90 Å². The van der Waals surface area contributed by atoms with Gasteiger partial charge < -0.3 is 21.5 Å². The van der Waals surface area contributed by atoms with E-state index in [2.05, 4.69) is 15.6 Å². The Labute approximate surface area is 195 Å². The molecule has 0 aliphatic rings. The maximum atomic E-state index is 12.3. The summed E-state index contributed by atoms with van der Waals surface area (Å²) in [6, 6.07) is 17.3. The van der Waals surface area contributed by atoms with Crippen molar-refractivity contribution in [2.45, 2.75) is 46.6 Å². The molecule has 0 aliphatic carbocycles. The molecule has 0 spiro atoms. The fourth-order valence-electron chi connectivity index (χ4n) is 2.88. The number of benzene rings is 2. The van der Waals surface area contributed by atoms with E-state index in [0.29, 0.717) is 23.9 Å². The van der Waals surface area contributed by atoms with Crippen LogP contribution in [0.15, 0.2) is 60.0 Å². The summed E-state index contributed by atoms with van der Waals surface area (Å²) < 4.78 is 0. The normalized spacial score (nSPS) is 10.8. The van der Waals surface area contributed by atoms with Gasteiger partial charge in [-0.05, 0) is 30.2 Å². The van der Waals surface area contributed by atoms with E-state index in [1.165, 1.54) is 11.3 Å². The smallest absolute Gasteiger partial charge is 0.230 e. The number of aromatic nitrogens is 1. The molecule has 0 saturated carbocycles. The summed E-state index contributed by atoms with van der Waals surface area (Å²) in [5, 5.41) is 18.7. The van der Waals surface area contributed by atoms with E-state index in [1.54, 1.807) is 5.38 Å². The molecule has 3 rings (SSSR count). The third-order valence-corrected chi connectivity index (χ3v) is 5.02. The minimum atomic E-state index is -0.540. The average molecular weight is 457 g/mol. The number of para-hydroxylation sites is 1. The van der Waals surface area contributed by atoms with Crippen LogP contribution in [0.2, 0.25) is 0 Å². The number of nitrogen functional groups attached to an aromatic ring is 1. The van der Waals surface area contributed by atoms with Gasteiger partial charge in [-0.15, -0.1) is 11.3 Å². The highest BCUT2D eigenvalue weighted by Crippen LogP contribution is 2.17. The fraction of sp³-hybridized carbons (Fsp3) is 0.360. The molecule has 2 aromatic carbocycles. The molecule has 1 unspecified atom stereocenters. The maximum absolute atomic E-state index is 12.3. The maximum Gasteiger partial charge on any atom is 0.230 e. The Hall–Kier alpha value is -2.74. The molecule has 7 heteroatoms. The molecule has 1 atom stereocenters. The van der Waals surface area contributed by atoms with E-state index in [4.69, 9.17) is 5.73 Å². The van der Waals surface area contributed by atoms with Crippen molar-refractivity contribution in [1.82, 2.24) is 10.3 Å². The zero-order valence-electron chi connectivity index (χ0n) is 19.5. The van der Waals surface area contributed by atoms with Gasteiger partial charge in [-0.1, -0.05) is 76.2 Å². The second-order valence-corrected chi connectivity index (χ2v) is 7.33. The minimum Gasteiger partial charge on any atom is -0.387 e. The van der Waals surface area contributed by atoms with E-state index in [0.717, 1.165) is 23.2 Å². The van der Waals surface area contributed by atoms with Gasteiger partial charge in [-0.25, -0.2) is 4.98 Å². The Morgan fingerprint density at radius 1 is 1.06 bits per heavy atom. The number of thiazole rings is 1. The van der Waals surface area contributed by atoms with Crippen molar-refractivity contribution in [3.8, 4) is 0 Å². The van der Waals surface area contributed by atoms with Crippen LogP contribution in [0.4, 0.5) is 10.8 Å². The van der Waals surface area contributed by atoms with Gasteiger partial charge in [0.2, 0.25) is 5.91 Å². The quantitative estimate of drug-likeness (QED) is 0.346. The highest BCUT2D eigenvalue weighted by atomic mass is 32.1. The predicted octanol–water partition coefficient (Wildman–Crippen LogP) is 4.82. The summed E-state index contributed by atoms with van der Waals surface area (Å²) in [4.78, 5) is 16.4. The molecule has 0 radical (unpaired) electrons. The molecule has 6 nitrogen and oxygen atoms in total. The summed E-state index contributed by atoms with van der Waals surface area (Å²) in [6.07, 6.45) is 0.396. The van der Waals surface area contributed by atoms with Gasteiger partial charge in [-0.3, -0.25) is 4.79 Å². The first-order valence-electron chi connectivity index (χ1n) is 11.1. The Morgan fingerprint density at radius 2 is 1.72 bits per heavy atom. The van der Waals surface area contributed by atoms with Gasteiger partial charge >= 0.3 is 0 Å². The lowest BCUT2D eigenvalue weighted by atomic mass is 10.1. The van der Waals surface area contributed by atoms with Gasteiger partial charge in [0.25, 0.3) is 0 Å². The molecule has 0 aliphatic heterocycles. The monoisotopic (exact) mass is 456 g/mol. The number of rotatable bonds is 9. The highest BCUT2D eigenvalue weighted by Gasteiger charge is 2.10. The van der Waals surface area contributed by atoms with Gasteiger partial charge in [-0.2, -0.15) is 0 Å². The largest absolute Gasteiger partial charge is 0.387 e. The lowest BCUT2D eigenvalue weighted by molar-refractivity contribution is -0.115. The molecule has 174 valence electrons. The van der Waals surface area contributed by atoms with Gasteiger partial charge in [0.05, 0.1) is 18.2 Å². The first kappa shape index (κ1) is 27.3.